The Bertz CT molecular complexity index is 889. The van der Waals surface area contributed by atoms with Crippen molar-refractivity contribution < 1.29 is 27.8 Å². The van der Waals surface area contributed by atoms with Crippen LogP contribution in [0.25, 0.3) is 6.08 Å². The standard InChI is InChI=1S/C19H15F2NO4/c1-11-9-12(3-8-16(11)24-2)10-15-18(23)26-17(22-15)13-4-6-14(7-5-13)25-19(20)21/h3-10,19H,1-2H3/b15-10-. The molecule has 0 aliphatic carbocycles. The summed E-state index contributed by atoms with van der Waals surface area (Å²) in [6, 6.07) is 11.2. The van der Waals surface area contributed by atoms with Crippen molar-refractivity contribution in [2.75, 3.05) is 7.11 Å². The Morgan fingerprint density at radius 2 is 1.88 bits per heavy atom. The van der Waals surface area contributed by atoms with Crippen molar-refractivity contribution in [3.63, 3.8) is 0 Å². The van der Waals surface area contributed by atoms with Crippen LogP contribution in [0.4, 0.5) is 8.78 Å². The molecule has 0 saturated carbocycles. The largest absolute Gasteiger partial charge is 0.496 e. The van der Waals surface area contributed by atoms with Crippen molar-refractivity contribution in [3.05, 3.63) is 64.9 Å². The van der Waals surface area contributed by atoms with Gasteiger partial charge >= 0.3 is 12.6 Å². The molecule has 3 rings (SSSR count). The maximum absolute atomic E-state index is 12.2. The van der Waals surface area contributed by atoms with Crippen molar-refractivity contribution in [1.82, 2.24) is 0 Å². The molecule has 0 fully saturated rings. The molecule has 0 unspecified atom stereocenters. The van der Waals surface area contributed by atoms with Crippen molar-refractivity contribution in [3.8, 4) is 11.5 Å². The van der Waals surface area contributed by atoms with Gasteiger partial charge in [-0.15, -0.1) is 0 Å². The van der Waals surface area contributed by atoms with Gasteiger partial charge in [-0.3, -0.25) is 0 Å². The van der Waals surface area contributed by atoms with Crippen molar-refractivity contribution >= 4 is 17.9 Å². The SMILES string of the molecule is COc1ccc(/C=C2\N=C(c3ccc(OC(F)F)cc3)OC2=O)cc1C. The molecule has 7 heteroatoms. The first-order chi connectivity index (χ1) is 12.5. The van der Waals surface area contributed by atoms with E-state index >= 15 is 0 Å². The highest BCUT2D eigenvalue weighted by atomic mass is 19.3. The summed E-state index contributed by atoms with van der Waals surface area (Å²) in [5, 5.41) is 0. The van der Waals surface area contributed by atoms with Crippen LogP contribution in [0.3, 0.4) is 0 Å². The van der Waals surface area contributed by atoms with Crippen LogP contribution in [-0.2, 0) is 9.53 Å². The van der Waals surface area contributed by atoms with Gasteiger partial charge in [-0.2, -0.15) is 8.78 Å². The number of rotatable bonds is 5. The van der Waals surface area contributed by atoms with Crippen molar-refractivity contribution in [2.24, 2.45) is 4.99 Å². The number of hydrogen-bond donors (Lipinski definition) is 0. The molecule has 0 aromatic heterocycles. The van der Waals surface area contributed by atoms with Gasteiger partial charge in [0.05, 0.1) is 7.11 Å². The first kappa shape index (κ1) is 17.6. The van der Waals surface area contributed by atoms with E-state index < -0.39 is 12.6 Å². The third-order valence-electron chi connectivity index (χ3n) is 3.67. The molecule has 134 valence electrons. The molecule has 1 heterocycles. The molecule has 2 aromatic carbocycles. The second-order valence-corrected chi connectivity index (χ2v) is 5.47. The lowest BCUT2D eigenvalue weighted by molar-refractivity contribution is -0.129. The molecule has 0 spiro atoms. The number of esters is 1. The summed E-state index contributed by atoms with van der Waals surface area (Å²) in [4.78, 5) is 16.2. The van der Waals surface area contributed by atoms with Crippen LogP contribution in [-0.4, -0.2) is 25.6 Å². The molecule has 0 amide bonds. The predicted octanol–water partition coefficient (Wildman–Crippen LogP) is 3.95. The first-order valence-corrected chi connectivity index (χ1v) is 7.68. The Kier molecular flexibility index (Phi) is 4.97. The van der Waals surface area contributed by atoms with Gasteiger partial charge in [0.2, 0.25) is 5.90 Å². The van der Waals surface area contributed by atoms with Crippen LogP contribution in [0.5, 0.6) is 11.5 Å². The van der Waals surface area contributed by atoms with E-state index in [0.717, 1.165) is 16.9 Å². The summed E-state index contributed by atoms with van der Waals surface area (Å²) in [6.07, 6.45) is 1.61. The van der Waals surface area contributed by atoms with Crippen LogP contribution < -0.4 is 9.47 Å². The molecule has 5 nitrogen and oxygen atoms in total. The first-order valence-electron chi connectivity index (χ1n) is 7.68. The molecule has 0 saturated heterocycles. The molecule has 0 bridgehead atoms. The third-order valence-corrected chi connectivity index (χ3v) is 3.67. The van der Waals surface area contributed by atoms with Crippen LogP contribution >= 0.6 is 0 Å². The summed E-state index contributed by atoms with van der Waals surface area (Å²) >= 11 is 0. The molecule has 0 N–H and O–H groups in total. The lowest BCUT2D eigenvalue weighted by atomic mass is 10.1. The van der Waals surface area contributed by atoms with Gasteiger partial charge in [0.1, 0.15) is 11.5 Å². The summed E-state index contributed by atoms with van der Waals surface area (Å²) in [5.41, 5.74) is 2.33. The zero-order valence-corrected chi connectivity index (χ0v) is 14.0. The molecule has 2 aromatic rings. The van der Waals surface area contributed by atoms with Gasteiger partial charge in [0.25, 0.3) is 0 Å². The molecule has 0 radical (unpaired) electrons. The van der Waals surface area contributed by atoms with Crippen molar-refractivity contribution in [1.29, 1.82) is 0 Å². The van der Waals surface area contributed by atoms with Gasteiger partial charge < -0.3 is 14.2 Å². The van der Waals surface area contributed by atoms with Crippen LogP contribution in [0.2, 0.25) is 0 Å². The maximum Gasteiger partial charge on any atom is 0.387 e. The van der Waals surface area contributed by atoms with Crippen LogP contribution in [0, 0.1) is 6.92 Å². The predicted molar refractivity (Wildman–Crippen MR) is 91.4 cm³/mol. The third kappa shape index (κ3) is 3.88. The van der Waals surface area contributed by atoms with Gasteiger partial charge in [-0.25, -0.2) is 9.79 Å². The van der Waals surface area contributed by atoms with E-state index in [2.05, 4.69) is 9.73 Å². The number of carbonyl (C=O) groups excluding carboxylic acids is 1. The Labute approximate surface area is 148 Å². The lowest BCUT2D eigenvalue weighted by Gasteiger charge is -2.04. The zero-order valence-electron chi connectivity index (χ0n) is 14.0. The monoisotopic (exact) mass is 359 g/mol. The number of alkyl halides is 2. The average Bonchev–Trinajstić information content (AvgIpc) is 2.96. The summed E-state index contributed by atoms with van der Waals surface area (Å²) in [6.45, 7) is -1.00. The highest BCUT2D eigenvalue weighted by Gasteiger charge is 2.24. The van der Waals surface area contributed by atoms with Gasteiger partial charge in [0, 0.05) is 5.56 Å². The maximum atomic E-state index is 12.2. The summed E-state index contributed by atoms with van der Waals surface area (Å²) < 4.78 is 39.0. The minimum absolute atomic E-state index is 0.0122. The Balaban J connectivity index is 1.83. The molecular weight excluding hydrogens is 344 g/mol. The van der Waals surface area contributed by atoms with Gasteiger partial charge in [-0.05, 0) is 60.5 Å². The second kappa shape index (κ2) is 7.35. The molecule has 26 heavy (non-hydrogen) atoms. The normalized spacial score (nSPS) is 15.2. The number of nitrogens with zero attached hydrogens (tertiary/aromatic N) is 1. The van der Waals surface area contributed by atoms with E-state index in [1.54, 1.807) is 25.3 Å². The summed E-state index contributed by atoms with van der Waals surface area (Å²) in [5.74, 6) is 0.283. The van der Waals surface area contributed by atoms with E-state index in [-0.39, 0.29) is 17.3 Å². The number of benzene rings is 2. The van der Waals surface area contributed by atoms with E-state index in [0.29, 0.717) is 5.56 Å². The fourth-order valence-corrected chi connectivity index (χ4v) is 2.46. The van der Waals surface area contributed by atoms with E-state index in [9.17, 15) is 13.6 Å². The van der Waals surface area contributed by atoms with Crippen LogP contribution in [0.15, 0.2) is 53.2 Å². The minimum atomic E-state index is -2.90. The Morgan fingerprint density at radius 3 is 2.50 bits per heavy atom. The number of methoxy groups -OCH3 is 1. The lowest BCUT2D eigenvalue weighted by Crippen LogP contribution is -2.06. The quantitative estimate of drug-likeness (QED) is 0.599. The number of ether oxygens (including phenoxy) is 3. The van der Waals surface area contributed by atoms with E-state index in [1.165, 1.54) is 24.3 Å². The van der Waals surface area contributed by atoms with Gasteiger partial charge in [-0.1, -0.05) is 6.07 Å². The van der Waals surface area contributed by atoms with Crippen molar-refractivity contribution in [2.45, 2.75) is 13.5 Å². The number of hydrogen-bond acceptors (Lipinski definition) is 5. The number of aliphatic imine (C=N–C) groups is 1. The second-order valence-electron chi connectivity index (χ2n) is 5.47. The fraction of sp³-hybridized carbons (Fsp3) is 0.158. The summed E-state index contributed by atoms with van der Waals surface area (Å²) in [7, 11) is 1.59. The fourth-order valence-electron chi connectivity index (χ4n) is 2.46. The number of cyclic esters (lactones) is 1. The zero-order chi connectivity index (χ0) is 18.7. The Morgan fingerprint density at radius 1 is 1.15 bits per heavy atom. The smallest absolute Gasteiger partial charge is 0.387 e. The molecule has 1 aliphatic heterocycles. The molecular formula is C19H15F2NO4. The number of aryl methyl sites for hydroxylation is 1. The van der Waals surface area contributed by atoms with E-state index in [4.69, 9.17) is 9.47 Å². The van der Waals surface area contributed by atoms with Crippen LogP contribution in [0.1, 0.15) is 16.7 Å². The number of carbonyl (C=O) groups is 1. The average molecular weight is 359 g/mol. The molecule has 1 aliphatic rings. The van der Waals surface area contributed by atoms with Gasteiger partial charge in [0.15, 0.2) is 5.70 Å². The number of halogens is 2. The topological polar surface area (TPSA) is 57.1 Å². The van der Waals surface area contributed by atoms with E-state index in [1.807, 2.05) is 13.0 Å². The minimum Gasteiger partial charge on any atom is -0.496 e. The highest BCUT2D eigenvalue weighted by Crippen LogP contribution is 2.24. The molecule has 0 atom stereocenters. The highest BCUT2D eigenvalue weighted by molar-refractivity contribution is 6.12. The Hall–Kier alpha value is -3.22.